The minimum absolute atomic E-state index is 0.0720. The molecule has 5 rings (SSSR count). The molecule has 36 heavy (non-hydrogen) atoms. The number of benzene rings is 1. The van der Waals surface area contributed by atoms with Crippen molar-refractivity contribution in [1.82, 2.24) is 20.0 Å². The van der Waals surface area contributed by atoms with E-state index < -0.39 is 0 Å². The van der Waals surface area contributed by atoms with E-state index in [1.54, 1.807) is 6.08 Å². The van der Waals surface area contributed by atoms with Crippen LogP contribution in [-0.2, 0) is 20.7 Å². The predicted molar refractivity (Wildman–Crippen MR) is 140 cm³/mol. The number of nitrogens with one attached hydrogen (secondary N) is 1. The van der Waals surface area contributed by atoms with Crippen LogP contribution in [0.25, 0.3) is 5.57 Å². The maximum absolute atomic E-state index is 12.8. The molecule has 190 valence electrons. The van der Waals surface area contributed by atoms with Crippen molar-refractivity contribution in [2.24, 2.45) is 0 Å². The molecule has 0 radical (unpaired) electrons. The number of ketones is 1. The molecule has 3 aliphatic rings. The average molecular weight is 489 g/mol. The highest BCUT2D eigenvalue weighted by atomic mass is 16.5. The smallest absolute Gasteiger partial charge is 0.246 e. The monoisotopic (exact) mass is 488 g/mol. The van der Waals surface area contributed by atoms with Gasteiger partial charge in [-0.25, -0.2) is 0 Å². The number of rotatable bonds is 9. The number of aromatic nitrogens is 2. The Morgan fingerprint density at radius 2 is 1.94 bits per heavy atom. The first-order chi connectivity index (χ1) is 17.6. The average Bonchev–Trinajstić information content (AvgIpc) is 3.67. The summed E-state index contributed by atoms with van der Waals surface area (Å²) < 4.78 is 5.36. The first-order valence-electron chi connectivity index (χ1n) is 13.2. The van der Waals surface area contributed by atoms with Gasteiger partial charge < -0.3 is 9.64 Å². The molecular weight excluding hydrogens is 452 g/mol. The molecule has 0 unspecified atom stereocenters. The molecular formula is C29H36N4O3. The minimum Gasteiger partial charge on any atom is -0.379 e. The normalized spacial score (nSPS) is 19.9. The second kappa shape index (κ2) is 11.4. The van der Waals surface area contributed by atoms with E-state index in [0.717, 1.165) is 68.3 Å². The fraction of sp³-hybridized carbons (Fsp3) is 0.483. The molecule has 1 aromatic carbocycles. The number of carbonyl (C=O) groups excluding carboxylic acids is 2. The van der Waals surface area contributed by atoms with Crippen LogP contribution in [0.15, 0.2) is 48.6 Å². The summed E-state index contributed by atoms with van der Waals surface area (Å²) in [6.07, 6.45) is 9.45. The summed E-state index contributed by atoms with van der Waals surface area (Å²) in [6.45, 7) is 7.49. The van der Waals surface area contributed by atoms with E-state index in [2.05, 4.69) is 51.5 Å². The number of carbonyl (C=O) groups is 2. The molecule has 1 saturated carbocycles. The van der Waals surface area contributed by atoms with E-state index in [1.807, 2.05) is 17.9 Å². The molecule has 1 saturated heterocycles. The first kappa shape index (κ1) is 24.7. The van der Waals surface area contributed by atoms with Crippen molar-refractivity contribution in [3.63, 3.8) is 0 Å². The molecule has 2 aliphatic heterocycles. The van der Waals surface area contributed by atoms with Gasteiger partial charge in [0.1, 0.15) is 5.78 Å². The van der Waals surface area contributed by atoms with Gasteiger partial charge in [-0.15, -0.1) is 0 Å². The lowest BCUT2D eigenvalue weighted by atomic mass is 9.91. The topological polar surface area (TPSA) is 78.5 Å². The molecule has 1 aliphatic carbocycles. The third-order valence-electron chi connectivity index (χ3n) is 7.52. The lowest BCUT2D eigenvalue weighted by molar-refractivity contribution is -0.125. The Morgan fingerprint density at radius 1 is 1.17 bits per heavy atom. The van der Waals surface area contributed by atoms with Crippen molar-refractivity contribution in [3.8, 4) is 0 Å². The van der Waals surface area contributed by atoms with Crippen molar-refractivity contribution in [1.29, 1.82) is 0 Å². The van der Waals surface area contributed by atoms with Crippen LogP contribution in [-0.4, -0.2) is 77.6 Å². The van der Waals surface area contributed by atoms with Crippen molar-refractivity contribution in [2.45, 2.75) is 44.4 Å². The van der Waals surface area contributed by atoms with Crippen molar-refractivity contribution < 1.29 is 14.3 Å². The fourth-order valence-corrected chi connectivity index (χ4v) is 4.89. The quantitative estimate of drug-likeness (QED) is 0.545. The number of hydrogen-bond acceptors (Lipinski definition) is 5. The molecule has 1 amide bonds. The molecule has 2 aromatic rings. The van der Waals surface area contributed by atoms with Gasteiger partial charge in [-0.3, -0.25) is 19.6 Å². The Morgan fingerprint density at radius 3 is 2.64 bits per heavy atom. The van der Waals surface area contributed by atoms with Crippen LogP contribution in [0.2, 0.25) is 0 Å². The van der Waals surface area contributed by atoms with Gasteiger partial charge in [-0.05, 0) is 42.0 Å². The van der Waals surface area contributed by atoms with Crippen molar-refractivity contribution in [2.75, 3.05) is 45.9 Å². The highest BCUT2D eigenvalue weighted by Gasteiger charge is 2.27. The molecule has 1 N–H and O–H groups in total. The van der Waals surface area contributed by atoms with Crippen LogP contribution in [0.5, 0.6) is 0 Å². The van der Waals surface area contributed by atoms with Gasteiger partial charge in [0.15, 0.2) is 0 Å². The second-order valence-corrected chi connectivity index (χ2v) is 10.2. The molecule has 3 heterocycles. The number of H-pyrrole nitrogens is 1. The van der Waals surface area contributed by atoms with Crippen molar-refractivity contribution >= 4 is 17.3 Å². The molecule has 1 atom stereocenters. The van der Waals surface area contributed by atoms with E-state index >= 15 is 0 Å². The molecule has 2 fully saturated rings. The van der Waals surface area contributed by atoms with Crippen LogP contribution in [0, 0.1) is 0 Å². The standard InChI is InChI=1S/C29H36N4O3/c1-21(28(34)20-26-19-27(31-30-26)25-8-9-25)22-4-6-23(7-5-22)24-10-13-33(14-11-24)29(35)3-2-12-32-15-17-36-18-16-32/h2-7,10,19,21,25H,8-9,11-18,20H2,1H3,(H,30,31)/b3-2+/t21-/m0/s1. The largest absolute Gasteiger partial charge is 0.379 e. The Hall–Kier alpha value is -3.03. The predicted octanol–water partition coefficient (Wildman–Crippen LogP) is 3.71. The molecule has 1 aromatic heterocycles. The summed E-state index contributed by atoms with van der Waals surface area (Å²) >= 11 is 0. The summed E-state index contributed by atoms with van der Waals surface area (Å²) in [5.74, 6) is 0.694. The lowest BCUT2D eigenvalue weighted by Crippen LogP contribution is -2.36. The number of morpholine rings is 1. The number of hydrogen-bond donors (Lipinski definition) is 1. The third kappa shape index (κ3) is 6.20. The number of amides is 1. The Labute approximate surface area is 213 Å². The summed E-state index contributed by atoms with van der Waals surface area (Å²) in [7, 11) is 0. The van der Waals surface area contributed by atoms with Gasteiger partial charge in [0, 0.05) is 62.8 Å². The van der Waals surface area contributed by atoms with Gasteiger partial charge in [-0.2, -0.15) is 5.10 Å². The summed E-state index contributed by atoms with van der Waals surface area (Å²) in [5.41, 5.74) is 5.46. The number of ether oxygens (including phenoxy) is 1. The first-order valence-corrected chi connectivity index (χ1v) is 13.2. The lowest BCUT2D eigenvalue weighted by Gasteiger charge is -2.26. The Kier molecular flexibility index (Phi) is 7.78. The van der Waals surface area contributed by atoms with E-state index in [-0.39, 0.29) is 17.6 Å². The summed E-state index contributed by atoms with van der Waals surface area (Å²) in [6, 6.07) is 10.4. The van der Waals surface area contributed by atoms with Crippen LogP contribution >= 0.6 is 0 Å². The zero-order valence-electron chi connectivity index (χ0n) is 21.1. The molecule has 7 heteroatoms. The van der Waals surface area contributed by atoms with Crippen LogP contribution in [0.3, 0.4) is 0 Å². The minimum atomic E-state index is -0.163. The summed E-state index contributed by atoms with van der Waals surface area (Å²) in [5, 5.41) is 7.40. The van der Waals surface area contributed by atoms with E-state index in [9.17, 15) is 9.59 Å². The van der Waals surface area contributed by atoms with E-state index in [1.165, 1.54) is 18.4 Å². The highest BCUT2D eigenvalue weighted by Crippen LogP contribution is 2.39. The molecule has 0 bridgehead atoms. The van der Waals surface area contributed by atoms with Crippen LogP contribution in [0.4, 0.5) is 0 Å². The van der Waals surface area contributed by atoms with Crippen LogP contribution < -0.4 is 0 Å². The third-order valence-corrected chi connectivity index (χ3v) is 7.52. The number of Topliss-reactive ketones (excluding diaryl/α,β-unsaturated/α-hetero) is 1. The maximum Gasteiger partial charge on any atom is 0.246 e. The fourth-order valence-electron chi connectivity index (χ4n) is 4.89. The number of aromatic amines is 1. The van der Waals surface area contributed by atoms with Gasteiger partial charge in [0.2, 0.25) is 5.91 Å². The van der Waals surface area contributed by atoms with Gasteiger partial charge in [0.05, 0.1) is 18.9 Å². The van der Waals surface area contributed by atoms with E-state index in [4.69, 9.17) is 4.74 Å². The highest BCUT2D eigenvalue weighted by molar-refractivity contribution is 5.89. The Balaban J connectivity index is 1.11. The van der Waals surface area contributed by atoms with Crippen molar-refractivity contribution in [3.05, 3.63) is 71.1 Å². The second-order valence-electron chi connectivity index (χ2n) is 10.2. The van der Waals surface area contributed by atoms with E-state index in [0.29, 0.717) is 18.9 Å². The van der Waals surface area contributed by atoms with Gasteiger partial charge in [0.25, 0.3) is 0 Å². The van der Waals surface area contributed by atoms with Gasteiger partial charge in [-0.1, -0.05) is 43.3 Å². The molecule has 0 spiro atoms. The Bertz CT molecular complexity index is 1120. The summed E-state index contributed by atoms with van der Waals surface area (Å²) in [4.78, 5) is 29.6. The zero-order chi connectivity index (χ0) is 24.9. The SMILES string of the molecule is C[C@H](C(=O)Cc1cc(C2CC2)n[nH]1)c1ccc(C2=CCN(C(=O)/C=C/CN3CCOCC3)CC2)cc1. The van der Waals surface area contributed by atoms with Crippen LogP contribution in [0.1, 0.15) is 60.5 Å². The van der Waals surface area contributed by atoms with Gasteiger partial charge >= 0.3 is 0 Å². The molecule has 7 nitrogen and oxygen atoms in total. The maximum atomic E-state index is 12.8. The zero-order valence-corrected chi connectivity index (χ0v) is 21.1. The number of nitrogens with zero attached hydrogens (tertiary/aromatic N) is 3.